The maximum absolute atomic E-state index is 13.4. The van der Waals surface area contributed by atoms with Crippen LogP contribution >= 0.6 is 15.9 Å². The number of nitrogens with zero attached hydrogens (tertiary/aromatic N) is 1. The smallest absolute Gasteiger partial charge is 0.257 e. The number of likely N-dealkylation sites (N-methyl/N-ethyl adjacent to an activating group) is 1. The summed E-state index contributed by atoms with van der Waals surface area (Å²) in [6.07, 6.45) is 0. The minimum absolute atomic E-state index is 0.0495. The average Bonchev–Trinajstić information content (AvgIpc) is 2.17. The van der Waals surface area contributed by atoms with E-state index in [1.54, 1.807) is 19.2 Å². The second kappa shape index (κ2) is 5.23. The van der Waals surface area contributed by atoms with Gasteiger partial charge in [0.05, 0.1) is 5.56 Å². The van der Waals surface area contributed by atoms with Gasteiger partial charge in [0, 0.05) is 24.6 Å². The zero-order chi connectivity index (χ0) is 11.4. The molecule has 0 fully saturated rings. The van der Waals surface area contributed by atoms with Crippen LogP contribution in [0.25, 0.3) is 0 Å². The summed E-state index contributed by atoms with van der Waals surface area (Å²) in [5.74, 6) is -0.899. The molecule has 0 atom stereocenters. The van der Waals surface area contributed by atoms with Gasteiger partial charge in [0.1, 0.15) is 5.82 Å². The predicted molar refractivity (Wildman–Crippen MR) is 60.1 cm³/mol. The van der Waals surface area contributed by atoms with Gasteiger partial charge < -0.3 is 10.6 Å². The summed E-state index contributed by atoms with van der Waals surface area (Å²) in [6, 6.07) is 4.43. The molecule has 3 nitrogen and oxygen atoms in total. The molecule has 1 aromatic rings. The molecule has 0 heterocycles. The Morgan fingerprint density at radius 1 is 1.60 bits per heavy atom. The zero-order valence-corrected chi connectivity index (χ0v) is 9.92. The van der Waals surface area contributed by atoms with Crippen molar-refractivity contribution in [3.63, 3.8) is 0 Å². The van der Waals surface area contributed by atoms with Crippen molar-refractivity contribution in [2.75, 3.05) is 20.1 Å². The van der Waals surface area contributed by atoms with Gasteiger partial charge in [-0.05, 0) is 28.1 Å². The summed E-state index contributed by atoms with van der Waals surface area (Å²) in [5.41, 5.74) is 5.37. The molecule has 2 N–H and O–H groups in total. The van der Waals surface area contributed by atoms with E-state index in [1.807, 2.05) is 0 Å². The van der Waals surface area contributed by atoms with Crippen molar-refractivity contribution in [3.05, 3.63) is 34.1 Å². The molecule has 82 valence electrons. The lowest BCUT2D eigenvalue weighted by molar-refractivity contribution is 0.0793. The maximum atomic E-state index is 13.4. The number of carbonyl (C=O) groups is 1. The first kappa shape index (κ1) is 12.1. The van der Waals surface area contributed by atoms with Crippen LogP contribution in [0.3, 0.4) is 0 Å². The summed E-state index contributed by atoms with van der Waals surface area (Å²) in [5, 5.41) is 0. The number of nitrogens with two attached hydrogens (primary N) is 1. The third kappa shape index (κ3) is 2.76. The van der Waals surface area contributed by atoms with Crippen molar-refractivity contribution >= 4 is 21.8 Å². The summed E-state index contributed by atoms with van der Waals surface area (Å²) >= 11 is 3.15. The molecule has 0 aliphatic carbocycles. The second-order valence-electron chi connectivity index (χ2n) is 3.11. The molecular weight excluding hydrogens is 263 g/mol. The lowest BCUT2D eigenvalue weighted by atomic mass is 10.2. The van der Waals surface area contributed by atoms with E-state index in [1.165, 1.54) is 11.0 Å². The quantitative estimate of drug-likeness (QED) is 0.911. The molecule has 1 aromatic carbocycles. The number of rotatable bonds is 3. The molecule has 5 heteroatoms. The van der Waals surface area contributed by atoms with Crippen molar-refractivity contribution in [1.82, 2.24) is 4.90 Å². The normalized spacial score (nSPS) is 10.1. The van der Waals surface area contributed by atoms with Gasteiger partial charge in [0.2, 0.25) is 0 Å². The van der Waals surface area contributed by atoms with Crippen LogP contribution in [-0.2, 0) is 0 Å². The molecule has 0 radical (unpaired) electrons. The molecular formula is C10H12BrFN2O. The maximum Gasteiger partial charge on any atom is 0.257 e. The van der Waals surface area contributed by atoms with Crippen molar-refractivity contribution in [1.29, 1.82) is 0 Å². The van der Waals surface area contributed by atoms with Crippen LogP contribution in [0.1, 0.15) is 10.4 Å². The second-order valence-corrected chi connectivity index (χ2v) is 3.97. The van der Waals surface area contributed by atoms with E-state index in [0.717, 1.165) is 0 Å². The number of carbonyl (C=O) groups excluding carboxylic acids is 1. The van der Waals surface area contributed by atoms with Crippen molar-refractivity contribution < 1.29 is 9.18 Å². The van der Waals surface area contributed by atoms with E-state index >= 15 is 0 Å². The minimum Gasteiger partial charge on any atom is -0.340 e. The monoisotopic (exact) mass is 274 g/mol. The number of halogens is 2. The average molecular weight is 275 g/mol. The molecule has 15 heavy (non-hydrogen) atoms. The number of amides is 1. The summed E-state index contributed by atoms with van der Waals surface area (Å²) in [7, 11) is 1.59. The summed E-state index contributed by atoms with van der Waals surface area (Å²) < 4.78 is 13.8. The van der Waals surface area contributed by atoms with Crippen molar-refractivity contribution in [2.24, 2.45) is 5.73 Å². The van der Waals surface area contributed by atoms with E-state index in [4.69, 9.17) is 5.73 Å². The molecule has 0 spiro atoms. The fourth-order valence-corrected chi connectivity index (χ4v) is 1.70. The number of hydrogen-bond acceptors (Lipinski definition) is 2. The Balaban J connectivity index is 3.00. The van der Waals surface area contributed by atoms with Gasteiger partial charge in [-0.15, -0.1) is 0 Å². The molecule has 0 aromatic heterocycles. The molecule has 0 saturated heterocycles. The summed E-state index contributed by atoms with van der Waals surface area (Å²) in [6.45, 7) is 0.758. The Morgan fingerprint density at radius 3 is 2.80 bits per heavy atom. The minimum atomic E-state index is -0.529. The van der Waals surface area contributed by atoms with E-state index in [0.29, 0.717) is 17.6 Å². The van der Waals surface area contributed by atoms with E-state index in [2.05, 4.69) is 15.9 Å². The highest BCUT2D eigenvalue weighted by Gasteiger charge is 2.18. The topological polar surface area (TPSA) is 46.3 Å². The molecule has 0 bridgehead atoms. The fourth-order valence-electron chi connectivity index (χ4n) is 1.19. The van der Waals surface area contributed by atoms with Crippen LogP contribution < -0.4 is 5.73 Å². The van der Waals surface area contributed by atoms with Crippen molar-refractivity contribution in [3.8, 4) is 0 Å². The van der Waals surface area contributed by atoms with E-state index in [9.17, 15) is 9.18 Å². The Labute approximate surface area is 96.2 Å². The SMILES string of the molecule is CN(CCN)C(=O)c1c(F)cccc1Br. The Morgan fingerprint density at radius 2 is 2.27 bits per heavy atom. The Kier molecular flexibility index (Phi) is 4.23. The summed E-state index contributed by atoms with van der Waals surface area (Å²) in [4.78, 5) is 13.2. The molecule has 1 rings (SSSR count). The first-order valence-corrected chi connectivity index (χ1v) is 5.26. The van der Waals surface area contributed by atoms with E-state index < -0.39 is 5.82 Å². The zero-order valence-electron chi connectivity index (χ0n) is 8.34. The van der Waals surface area contributed by atoms with Crippen LogP contribution in [0.5, 0.6) is 0 Å². The van der Waals surface area contributed by atoms with Crippen LogP contribution in [0.2, 0.25) is 0 Å². The van der Waals surface area contributed by atoms with Gasteiger partial charge in [-0.25, -0.2) is 4.39 Å². The van der Waals surface area contributed by atoms with Gasteiger partial charge in [-0.3, -0.25) is 4.79 Å². The third-order valence-electron chi connectivity index (χ3n) is 1.99. The first-order chi connectivity index (χ1) is 7.07. The van der Waals surface area contributed by atoms with Crippen LogP contribution in [-0.4, -0.2) is 30.9 Å². The first-order valence-electron chi connectivity index (χ1n) is 4.47. The highest BCUT2D eigenvalue weighted by molar-refractivity contribution is 9.10. The highest BCUT2D eigenvalue weighted by Crippen LogP contribution is 2.20. The van der Waals surface area contributed by atoms with Gasteiger partial charge in [0.15, 0.2) is 0 Å². The van der Waals surface area contributed by atoms with Crippen molar-refractivity contribution in [2.45, 2.75) is 0 Å². The molecule has 0 aliphatic rings. The third-order valence-corrected chi connectivity index (χ3v) is 2.65. The Hall–Kier alpha value is -0.940. The number of benzene rings is 1. The lowest BCUT2D eigenvalue weighted by Crippen LogP contribution is -2.32. The van der Waals surface area contributed by atoms with Gasteiger partial charge in [-0.1, -0.05) is 6.07 Å². The van der Waals surface area contributed by atoms with Crippen LogP contribution in [0.4, 0.5) is 4.39 Å². The Bertz CT molecular complexity index is 350. The fraction of sp³-hybridized carbons (Fsp3) is 0.300. The van der Waals surface area contributed by atoms with Gasteiger partial charge >= 0.3 is 0 Å². The van der Waals surface area contributed by atoms with Gasteiger partial charge in [-0.2, -0.15) is 0 Å². The van der Waals surface area contributed by atoms with Gasteiger partial charge in [0.25, 0.3) is 5.91 Å². The lowest BCUT2D eigenvalue weighted by Gasteiger charge is -2.17. The molecule has 0 aliphatic heterocycles. The molecule has 0 unspecified atom stereocenters. The molecule has 1 amide bonds. The van der Waals surface area contributed by atoms with E-state index in [-0.39, 0.29) is 11.5 Å². The van der Waals surface area contributed by atoms with Crippen LogP contribution in [0.15, 0.2) is 22.7 Å². The molecule has 0 saturated carbocycles. The predicted octanol–water partition coefficient (Wildman–Crippen LogP) is 1.62. The highest BCUT2D eigenvalue weighted by atomic mass is 79.9. The largest absolute Gasteiger partial charge is 0.340 e. The standard InChI is InChI=1S/C10H12BrFN2O/c1-14(6-5-13)10(15)9-7(11)3-2-4-8(9)12/h2-4H,5-6,13H2,1H3. The van der Waals surface area contributed by atoms with Crippen LogP contribution in [0, 0.1) is 5.82 Å². The number of hydrogen-bond donors (Lipinski definition) is 1.